The molecule has 1 aliphatic heterocycles. The van der Waals surface area contributed by atoms with Gasteiger partial charge in [-0.2, -0.15) is 5.10 Å². The maximum Gasteiger partial charge on any atom is 0.257 e. The van der Waals surface area contributed by atoms with E-state index in [2.05, 4.69) is 20.5 Å². The Morgan fingerprint density at radius 2 is 2.08 bits per heavy atom. The smallest absolute Gasteiger partial charge is 0.257 e. The minimum atomic E-state index is -0.377. The molecule has 4 rings (SSSR count). The summed E-state index contributed by atoms with van der Waals surface area (Å²) >= 11 is 0. The molecule has 0 unspecified atom stereocenters. The van der Waals surface area contributed by atoms with Crippen molar-refractivity contribution in [3.63, 3.8) is 0 Å². The summed E-state index contributed by atoms with van der Waals surface area (Å²) in [5.74, 6) is -0.0234. The average molecular weight is 354 g/mol. The van der Waals surface area contributed by atoms with Crippen molar-refractivity contribution in [3.8, 4) is 11.3 Å². The molecule has 1 fully saturated rings. The zero-order valence-electron chi connectivity index (χ0n) is 14.2. The molecule has 26 heavy (non-hydrogen) atoms. The van der Waals surface area contributed by atoms with Crippen molar-refractivity contribution in [2.24, 2.45) is 5.92 Å². The van der Waals surface area contributed by atoms with Crippen molar-refractivity contribution < 1.29 is 9.18 Å². The van der Waals surface area contributed by atoms with Crippen LogP contribution >= 0.6 is 0 Å². The van der Waals surface area contributed by atoms with Crippen LogP contribution in [0.5, 0.6) is 0 Å². The number of likely N-dealkylation sites (tertiary alicyclic amines) is 1. The fourth-order valence-corrected chi connectivity index (χ4v) is 3.40. The number of carbonyl (C=O) groups is 1. The van der Waals surface area contributed by atoms with Crippen LogP contribution in [0.4, 0.5) is 4.39 Å². The van der Waals surface area contributed by atoms with Crippen LogP contribution < -0.4 is 0 Å². The normalized spacial score (nSPS) is 15.3. The van der Waals surface area contributed by atoms with Crippen molar-refractivity contribution in [1.82, 2.24) is 30.1 Å². The monoisotopic (exact) mass is 354 g/mol. The number of hydrogen-bond acceptors (Lipinski definition) is 4. The zero-order valence-corrected chi connectivity index (χ0v) is 14.2. The first-order chi connectivity index (χ1) is 12.7. The van der Waals surface area contributed by atoms with E-state index < -0.39 is 0 Å². The summed E-state index contributed by atoms with van der Waals surface area (Å²) in [7, 11) is 0. The standard InChI is InChI=1S/C18H19FN6O/c19-16-4-2-1-3-14(16)17-15(11-21-22-17)18(26)24-8-5-13(6-9-24)12-25-10-7-20-23-25/h1-4,7,10-11,13H,5-6,8-9,12H2,(H,21,22). The SMILES string of the molecule is O=C(c1cn[nH]c1-c1ccccc1F)N1CCC(Cn2ccnn2)CC1. The van der Waals surface area contributed by atoms with Gasteiger partial charge in [0.25, 0.3) is 5.91 Å². The molecule has 3 heterocycles. The second-order valence-corrected chi connectivity index (χ2v) is 6.50. The average Bonchev–Trinajstić information content (AvgIpc) is 3.34. The molecule has 1 aliphatic rings. The van der Waals surface area contributed by atoms with Gasteiger partial charge in [-0.1, -0.05) is 17.3 Å². The van der Waals surface area contributed by atoms with Gasteiger partial charge in [-0.3, -0.25) is 14.6 Å². The predicted octanol–water partition coefficient (Wildman–Crippen LogP) is 2.36. The van der Waals surface area contributed by atoms with Crippen molar-refractivity contribution in [1.29, 1.82) is 0 Å². The van der Waals surface area contributed by atoms with Crippen LogP contribution in [-0.4, -0.2) is 49.1 Å². The van der Waals surface area contributed by atoms with Crippen LogP contribution in [-0.2, 0) is 6.54 Å². The van der Waals surface area contributed by atoms with E-state index in [4.69, 9.17) is 0 Å². The Labute approximate surface area is 149 Å². The van der Waals surface area contributed by atoms with Crippen molar-refractivity contribution in [2.45, 2.75) is 19.4 Å². The highest BCUT2D eigenvalue weighted by molar-refractivity contribution is 5.99. The molecule has 0 radical (unpaired) electrons. The van der Waals surface area contributed by atoms with Crippen LogP contribution in [0.2, 0.25) is 0 Å². The second-order valence-electron chi connectivity index (χ2n) is 6.50. The highest BCUT2D eigenvalue weighted by Crippen LogP contribution is 2.27. The lowest BCUT2D eigenvalue weighted by Gasteiger charge is -2.31. The van der Waals surface area contributed by atoms with Gasteiger partial charge in [0.2, 0.25) is 0 Å². The van der Waals surface area contributed by atoms with Crippen LogP contribution in [0.15, 0.2) is 42.9 Å². The maximum atomic E-state index is 14.1. The number of amides is 1. The van der Waals surface area contributed by atoms with Gasteiger partial charge >= 0.3 is 0 Å². The molecule has 3 aromatic rings. The van der Waals surface area contributed by atoms with Gasteiger partial charge in [-0.25, -0.2) is 4.39 Å². The fourth-order valence-electron chi connectivity index (χ4n) is 3.40. The number of halogens is 1. The predicted molar refractivity (Wildman–Crippen MR) is 92.6 cm³/mol. The van der Waals surface area contributed by atoms with Gasteiger partial charge in [-0.15, -0.1) is 5.10 Å². The third-order valence-electron chi connectivity index (χ3n) is 4.83. The van der Waals surface area contributed by atoms with E-state index in [0.29, 0.717) is 35.8 Å². The van der Waals surface area contributed by atoms with E-state index in [-0.39, 0.29) is 11.7 Å². The molecule has 0 aliphatic carbocycles. The van der Waals surface area contributed by atoms with E-state index >= 15 is 0 Å². The summed E-state index contributed by atoms with van der Waals surface area (Å²) in [6.45, 7) is 2.15. The lowest BCUT2D eigenvalue weighted by molar-refractivity contribution is 0.0682. The van der Waals surface area contributed by atoms with Crippen molar-refractivity contribution in [2.75, 3.05) is 13.1 Å². The maximum absolute atomic E-state index is 14.1. The second kappa shape index (κ2) is 7.07. The molecule has 0 atom stereocenters. The Kier molecular flexibility index (Phi) is 4.47. The Hall–Kier alpha value is -3.03. The first kappa shape index (κ1) is 16.4. The third-order valence-corrected chi connectivity index (χ3v) is 4.83. The van der Waals surface area contributed by atoms with Crippen LogP contribution in [0.3, 0.4) is 0 Å². The summed E-state index contributed by atoms with van der Waals surface area (Å²) in [4.78, 5) is 14.7. The van der Waals surface area contributed by atoms with Gasteiger partial charge in [0.15, 0.2) is 0 Å². The molecule has 7 nitrogen and oxygen atoms in total. The summed E-state index contributed by atoms with van der Waals surface area (Å²) in [5.41, 5.74) is 1.19. The molecule has 134 valence electrons. The van der Waals surface area contributed by atoms with Crippen LogP contribution in [0.1, 0.15) is 23.2 Å². The molecule has 0 saturated carbocycles. The fraction of sp³-hybridized carbons (Fsp3) is 0.333. The zero-order chi connectivity index (χ0) is 17.9. The highest BCUT2D eigenvalue weighted by atomic mass is 19.1. The number of nitrogens with one attached hydrogen (secondary N) is 1. The van der Waals surface area contributed by atoms with E-state index in [0.717, 1.165) is 19.4 Å². The number of aromatic nitrogens is 5. The number of carbonyl (C=O) groups excluding carboxylic acids is 1. The first-order valence-corrected chi connectivity index (χ1v) is 8.64. The highest BCUT2D eigenvalue weighted by Gasteiger charge is 2.27. The van der Waals surface area contributed by atoms with Crippen LogP contribution in [0, 0.1) is 11.7 Å². The van der Waals surface area contributed by atoms with Gasteiger partial charge in [-0.05, 0) is 30.9 Å². The summed E-state index contributed by atoms with van der Waals surface area (Å²) in [6.07, 6.45) is 6.80. The van der Waals surface area contributed by atoms with Gasteiger partial charge in [0.05, 0.1) is 23.7 Å². The number of piperidine rings is 1. The van der Waals surface area contributed by atoms with Crippen LogP contribution in [0.25, 0.3) is 11.3 Å². The Bertz CT molecular complexity index is 883. The molecule has 0 spiro atoms. The number of benzene rings is 1. The third kappa shape index (κ3) is 3.22. The van der Waals surface area contributed by atoms with Gasteiger partial charge < -0.3 is 4.90 Å². The lowest BCUT2D eigenvalue weighted by Crippen LogP contribution is -2.39. The van der Waals surface area contributed by atoms with Crippen molar-refractivity contribution in [3.05, 3.63) is 54.2 Å². The topological polar surface area (TPSA) is 79.7 Å². The molecule has 1 amide bonds. The largest absolute Gasteiger partial charge is 0.339 e. The number of rotatable bonds is 4. The first-order valence-electron chi connectivity index (χ1n) is 8.64. The van der Waals surface area contributed by atoms with Gasteiger partial charge in [0.1, 0.15) is 5.82 Å². The molecule has 1 saturated heterocycles. The summed E-state index contributed by atoms with van der Waals surface area (Å²) in [5, 5.41) is 14.5. The molecular formula is C18H19FN6O. The Balaban J connectivity index is 1.45. The van der Waals surface area contributed by atoms with E-state index in [9.17, 15) is 9.18 Å². The Morgan fingerprint density at radius 1 is 1.27 bits per heavy atom. The lowest BCUT2D eigenvalue weighted by atomic mass is 9.96. The summed E-state index contributed by atoms with van der Waals surface area (Å²) < 4.78 is 15.9. The Morgan fingerprint density at radius 3 is 2.81 bits per heavy atom. The number of hydrogen-bond donors (Lipinski definition) is 1. The molecule has 1 N–H and O–H groups in total. The molecule has 1 aromatic carbocycles. The molecular weight excluding hydrogens is 335 g/mol. The molecule has 0 bridgehead atoms. The van der Waals surface area contributed by atoms with Crippen molar-refractivity contribution >= 4 is 5.91 Å². The minimum absolute atomic E-state index is 0.115. The molecule has 8 heteroatoms. The quantitative estimate of drug-likeness (QED) is 0.780. The molecule has 2 aromatic heterocycles. The van der Waals surface area contributed by atoms with E-state index in [1.165, 1.54) is 12.3 Å². The van der Waals surface area contributed by atoms with E-state index in [1.54, 1.807) is 24.4 Å². The van der Waals surface area contributed by atoms with Gasteiger partial charge in [0, 0.05) is 31.4 Å². The van der Waals surface area contributed by atoms with E-state index in [1.807, 2.05) is 15.8 Å². The number of nitrogens with zero attached hydrogens (tertiary/aromatic N) is 5. The minimum Gasteiger partial charge on any atom is -0.339 e. The number of H-pyrrole nitrogens is 1. The summed E-state index contributed by atoms with van der Waals surface area (Å²) in [6, 6.07) is 6.38. The number of aromatic amines is 1.